The van der Waals surface area contributed by atoms with Crippen molar-refractivity contribution < 1.29 is 19.8 Å². The maximum Gasteiger partial charge on any atom is 0.276 e. The number of aromatic amines is 3. The predicted molar refractivity (Wildman–Crippen MR) is 214 cm³/mol. The number of hydrogen-bond acceptors (Lipinski definition) is 11. The smallest absolute Gasteiger partial charge is 0.276 e. The van der Waals surface area contributed by atoms with Crippen LogP contribution in [-0.4, -0.2) is 52.8 Å². The van der Waals surface area contributed by atoms with Crippen molar-refractivity contribution in [2.24, 2.45) is 0 Å². The Balaban J connectivity index is 0.000000196. The summed E-state index contributed by atoms with van der Waals surface area (Å²) in [7, 11) is 0. The molecule has 0 atom stereocenters. The zero-order valence-corrected chi connectivity index (χ0v) is 32.1. The molecule has 0 saturated heterocycles. The van der Waals surface area contributed by atoms with Gasteiger partial charge in [-0.1, -0.05) is 76.2 Å². The monoisotopic (exact) mass is 846 g/mol. The molecule has 2 aromatic carbocycles. The van der Waals surface area contributed by atoms with Crippen LogP contribution in [0.3, 0.4) is 0 Å². The highest BCUT2D eigenvalue weighted by molar-refractivity contribution is 9.09. The second-order valence-corrected chi connectivity index (χ2v) is 14.3. The number of thioether (sulfide) groups is 1. The van der Waals surface area contributed by atoms with Crippen LogP contribution in [0, 0.1) is 17.9 Å². The number of thiophene rings is 2. The average molecular weight is 848 g/mol. The van der Waals surface area contributed by atoms with Crippen LogP contribution in [0.15, 0.2) is 98.3 Å². The first-order valence-electron chi connectivity index (χ1n) is 15.1. The van der Waals surface area contributed by atoms with E-state index in [-0.39, 0.29) is 63.0 Å². The summed E-state index contributed by atoms with van der Waals surface area (Å²) in [6.07, 6.45) is 0.389. The van der Waals surface area contributed by atoms with Crippen molar-refractivity contribution >= 4 is 85.5 Å². The molecule has 0 aliphatic rings. The molecular formula is C36H27BrN6O6S4. The number of nitrogens with zero attached hydrogens (tertiary/aromatic N) is 3. The topological polar surface area (TPSA) is 178 Å². The molecule has 0 spiro atoms. The van der Waals surface area contributed by atoms with Gasteiger partial charge in [-0.2, -0.15) is 0 Å². The van der Waals surface area contributed by atoms with E-state index in [9.17, 15) is 29.4 Å². The van der Waals surface area contributed by atoms with Crippen LogP contribution in [0.25, 0.3) is 30.8 Å². The van der Waals surface area contributed by atoms with E-state index >= 15 is 0 Å². The lowest BCUT2D eigenvalue weighted by Gasteiger charge is -2.06. The molecule has 12 nitrogen and oxygen atoms in total. The fourth-order valence-electron chi connectivity index (χ4n) is 4.38. The highest BCUT2D eigenvalue weighted by atomic mass is 79.9. The first-order valence-corrected chi connectivity index (χ1v) is 19.4. The minimum atomic E-state index is -0.519. The summed E-state index contributed by atoms with van der Waals surface area (Å²) in [5.74, 6) is 0.326. The van der Waals surface area contributed by atoms with Crippen molar-refractivity contribution in [3.63, 3.8) is 0 Å². The minimum absolute atomic E-state index is 0.0473. The summed E-state index contributed by atoms with van der Waals surface area (Å²) in [5, 5.41) is 23.4. The Morgan fingerprint density at radius 2 is 1.32 bits per heavy atom. The molecule has 53 heavy (non-hydrogen) atoms. The van der Waals surface area contributed by atoms with Gasteiger partial charge in [0.2, 0.25) is 0 Å². The van der Waals surface area contributed by atoms with E-state index < -0.39 is 11.1 Å². The SMILES string of the molecule is O=C(CBr)Cc1ccccc1O.[C-]#[N+]c1c(-c2cccs2)[nH]c(=S)[nH]c1=O.[C-]#[N+]c1c(-c2cccs2)nc(SCC(=O)Cc2ccccc2O)[nH]c1=O. The number of carbonyl (C=O) groups is 2. The Morgan fingerprint density at radius 3 is 1.85 bits per heavy atom. The number of phenols is 2. The first kappa shape index (κ1) is 40.3. The number of aromatic hydroxyl groups is 2. The highest BCUT2D eigenvalue weighted by Gasteiger charge is 2.16. The summed E-state index contributed by atoms with van der Waals surface area (Å²) in [4.78, 5) is 66.8. The molecule has 6 aromatic rings. The lowest BCUT2D eigenvalue weighted by molar-refractivity contribution is -0.116. The molecule has 4 aromatic heterocycles. The molecule has 0 unspecified atom stereocenters. The van der Waals surface area contributed by atoms with Gasteiger partial charge in [0.05, 0.1) is 35.6 Å². The van der Waals surface area contributed by atoms with Gasteiger partial charge in [-0.3, -0.25) is 19.2 Å². The van der Waals surface area contributed by atoms with Crippen LogP contribution in [0.2, 0.25) is 0 Å². The highest BCUT2D eigenvalue weighted by Crippen LogP contribution is 2.31. The van der Waals surface area contributed by atoms with E-state index in [0.717, 1.165) is 21.5 Å². The van der Waals surface area contributed by atoms with E-state index in [2.05, 4.69) is 45.6 Å². The third-order valence-corrected chi connectivity index (χ3v) is 10.3. The van der Waals surface area contributed by atoms with Crippen molar-refractivity contribution in [3.05, 3.63) is 143 Å². The second-order valence-electron chi connectivity index (χ2n) is 10.5. The van der Waals surface area contributed by atoms with E-state index in [1.165, 1.54) is 28.7 Å². The Kier molecular flexibility index (Phi) is 15.2. The van der Waals surface area contributed by atoms with Crippen LogP contribution in [0.5, 0.6) is 11.5 Å². The lowest BCUT2D eigenvalue weighted by atomic mass is 10.1. The molecule has 0 amide bonds. The maximum absolute atomic E-state index is 12.2. The van der Waals surface area contributed by atoms with Crippen LogP contribution in [-0.2, 0) is 22.4 Å². The van der Waals surface area contributed by atoms with Crippen molar-refractivity contribution in [3.8, 4) is 32.6 Å². The Hall–Kier alpha value is -5.43. The van der Waals surface area contributed by atoms with E-state index in [1.54, 1.807) is 48.5 Å². The van der Waals surface area contributed by atoms with Crippen LogP contribution >= 0.6 is 62.6 Å². The summed E-state index contributed by atoms with van der Waals surface area (Å²) in [6, 6.07) is 20.8. The molecule has 0 fully saturated rings. The number of Topliss-reactive ketones (excluding diaryl/α,β-unsaturated/α-hetero) is 2. The standard InChI is InChI=1S/C18H13N3O3S2.C9H9BrO2.C9H5N3OS2/c1-19-16-15(14-7-4-8-25-14)20-18(21-17(16)24)26-10-12(22)9-11-5-2-3-6-13(11)23;10-6-8(11)5-7-3-1-2-4-9(7)12;1-10-7-6(5-3-2-4-15-5)11-9(14)12-8(7)13/h2-8,23H,9-10H2,(H,20,21,24);1-4,12H,5-6H2;2-4H,(H2,11,12,13,14). The van der Waals surface area contributed by atoms with Crippen molar-refractivity contribution in [1.82, 2.24) is 19.9 Å². The zero-order valence-electron chi connectivity index (χ0n) is 27.3. The van der Waals surface area contributed by atoms with Crippen molar-refractivity contribution in [1.29, 1.82) is 0 Å². The third-order valence-electron chi connectivity index (χ3n) is 6.81. The normalized spacial score (nSPS) is 10.1. The van der Waals surface area contributed by atoms with Gasteiger partial charge in [0, 0.05) is 33.7 Å². The number of para-hydroxylation sites is 2. The van der Waals surface area contributed by atoms with Crippen molar-refractivity contribution in [2.45, 2.75) is 18.0 Å². The van der Waals surface area contributed by atoms with Crippen LogP contribution < -0.4 is 11.1 Å². The minimum Gasteiger partial charge on any atom is -0.508 e. The Labute approximate surface area is 328 Å². The van der Waals surface area contributed by atoms with Gasteiger partial charge in [0.15, 0.2) is 9.93 Å². The number of phenolic OH excluding ortho intramolecular Hbond substituents is 2. The Bertz CT molecular complexity index is 2460. The fourth-order valence-corrected chi connectivity index (χ4v) is 6.94. The summed E-state index contributed by atoms with van der Waals surface area (Å²) in [5.41, 5.74) is 1.09. The third kappa shape index (κ3) is 11.5. The summed E-state index contributed by atoms with van der Waals surface area (Å²) < 4.78 is 0.232. The zero-order chi connectivity index (χ0) is 38.3. The number of benzene rings is 2. The maximum atomic E-state index is 12.2. The molecule has 0 saturated carbocycles. The molecule has 268 valence electrons. The molecule has 0 bridgehead atoms. The second kappa shape index (κ2) is 20.0. The van der Waals surface area contributed by atoms with Gasteiger partial charge < -0.3 is 25.2 Å². The molecular weight excluding hydrogens is 821 g/mol. The average Bonchev–Trinajstić information content (AvgIpc) is 3.89. The number of H-pyrrole nitrogens is 3. The van der Waals surface area contributed by atoms with Gasteiger partial charge in [-0.25, -0.2) is 14.7 Å². The Morgan fingerprint density at radius 1 is 0.774 bits per heavy atom. The van der Waals surface area contributed by atoms with E-state index in [1.807, 2.05) is 29.0 Å². The molecule has 5 N–H and O–H groups in total. The molecule has 0 aliphatic carbocycles. The number of halogens is 1. The molecule has 4 heterocycles. The number of ketones is 2. The van der Waals surface area contributed by atoms with E-state index in [0.29, 0.717) is 27.8 Å². The number of alkyl halides is 1. The van der Waals surface area contributed by atoms with Gasteiger partial charge >= 0.3 is 0 Å². The number of hydrogen-bond donors (Lipinski definition) is 5. The first-order chi connectivity index (χ1) is 25.5. The number of rotatable bonds is 10. The quantitative estimate of drug-likeness (QED) is 0.0299. The predicted octanol–water partition coefficient (Wildman–Crippen LogP) is 8.27. The van der Waals surface area contributed by atoms with Crippen LogP contribution in [0.4, 0.5) is 11.4 Å². The molecule has 0 radical (unpaired) electrons. The fraction of sp³-hybridized carbons (Fsp3) is 0.111. The summed E-state index contributed by atoms with van der Waals surface area (Å²) in [6.45, 7) is 14.2. The lowest BCUT2D eigenvalue weighted by Crippen LogP contribution is -2.11. The van der Waals surface area contributed by atoms with Gasteiger partial charge in [0.25, 0.3) is 22.5 Å². The largest absolute Gasteiger partial charge is 0.508 e. The van der Waals surface area contributed by atoms with Crippen molar-refractivity contribution in [2.75, 3.05) is 11.1 Å². The molecule has 0 aliphatic heterocycles. The number of aromatic nitrogens is 4. The number of nitrogens with one attached hydrogen (secondary N) is 3. The van der Waals surface area contributed by atoms with Gasteiger partial charge in [-0.15, -0.1) is 22.7 Å². The van der Waals surface area contributed by atoms with Crippen LogP contribution in [0.1, 0.15) is 11.1 Å². The van der Waals surface area contributed by atoms with Gasteiger partial charge in [-0.05, 0) is 47.2 Å². The molecule has 6 rings (SSSR count). The van der Waals surface area contributed by atoms with E-state index in [4.69, 9.17) is 25.4 Å². The summed E-state index contributed by atoms with van der Waals surface area (Å²) >= 11 is 11.9. The van der Waals surface area contributed by atoms with Gasteiger partial charge in [0.1, 0.15) is 23.1 Å². The number of carbonyl (C=O) groups excluding carboxylic acids is 2. The molecule has 17 heteroatoms.